The number of sulfone groups is 1. The van der Waals surface area contributed by atoms with E-state index in [1.807, 2.05) is 24.3 Å². The second-order valence-corrected chi connectivity index (χ2v) is 8.19. The average Bonchev–Trinajstić information content (AvgIpc) is 2.60. The van der Waals surface area contributed by atoms with Crippen molar-refractivity contribution in [1.29, 1.82) is 0 Å². The van der Waals surface area contributed by atoms with Crippen molar-refractivity contribution in [2.45, 2.75) is 24.7 Å². The van der Waals surface area contributed by atoms with Crippen molar-refractivity contribution in [3.05, 3.63) is 65.2 Å². The van der Waals surface area contributed by atoms with Gasteiger partial charge in [-0.15, -0.1) is 0 Å². The van der Waals surface area contributed by atoms with Crippen LogP contribution in [-0.4, -0.2) is 26.4 Å². The van der Waals surface area contributed by atoms with E-state index in [2.05, 4.69) is 11.2 Å². The molecule has 0 fully saturated rings. The van der Waals surface area contributed by atoms with Crippen LogP contribution >= 0.6 is 0 Å². The van der Waals surface area contributed by atoms with Gasteiger partial charge in [-0.25, -0.2) is 13.2 Å². The first-order chi connectivity index (χ1) is 12.3. The maximum absolute atomic E-state index is 11.6. The summed E-state index contributed by atoms with van der Waals surface area (Å²) in [7, 11) is -3.23. The molecule has 0 aromatic heterocycles. The van der Waals surface area contributed by atoms with Crippen LogP contribution in [0.2, 0.25) is 0 Å². The Morgan fingerprint density at radius 1 is 1.08 bits per heavy atom. The lowest BCUT2D eigenvalue weighted by molar-refractivity contribution is -0.140. The molecule has 2 aromatic carbocycles. The molecular weight excluding hydrogens is 350 g/mol. The summed E-state index contributed by atoms with van der Waals surface area (Å²) in [6.07, 6.45) is 4.60. The number of hydrogen-bond acceptors (Lipinski definition) is 5. The quantitative estimate of drug-likeness (QED) is 0.613. The molecule has 0 atom stereocenters. The molecule has 0 unspecified atom stereocenters. The van der Waals surface area contributed by atoms with Crippen LogP contribution in [0.15, 0.2) is 58.6 Å². The Bertz CT molecular complexity index is 1000. The summed E-state index contributed by atoms with van der Waals surface area (Å²) in [5.41, 5.74) is 4.66. The summed E-state index contributed by atoms with van der Waals surface area (Å²) in [5, 5.41) is 4.02. The summed E-state index contributed by atoms with van der Waals surface area (Å²) in [6, 6.07) is 14.7. The highest BCUT2D eigenvalue weighted by molar-refractivity contribution is 7.90. The summed E-state index contributed by atoms with van der Waals surface area (Å²) in [6.45, 7) is 1.31. The highest BCUT2D eigenvalue weighted by atomic mass is 32.2. The summed E-state index contributed by atoms with van der Waals surface area (Å²) in [4.78, 5) is 16.3. The number of oxime groups is 1. The molecule has 1 aliphatic carbocycles. The lowest BCUT2D eigenvalue weighted by atomic mass is 9.85. The maximum Gasteiger partial charge on any atom is 0.331 e. The number of carbonyl (C=O) groups is 1. The molecule has 0 saturated heterocycles. The predicted octanol–water partition coefficient (Wildman–Crippen LogP) is 3.50. The van der Waals surface area contributed by atoms with Crippen LogP contribution < -0.4 is 0 Å². The van der Waals surface area contributed by atoms with Gasteiger partial charge in [0.2, 0.25) is 0 Å². The monoisotopic (exact) mass is 369 g/mol. The Morgan fingerprint density at radius 3 is 2.42 bits per heavy atom. The Balaban J connectivity index is 2.06. The second-order valence-electron chi connectivity index (χ2n) is 6.18. The van der Waals surface area contributed by atoms with Crippen LogP contribution in [-0.2, 0) is 25.9 Å². The van der Waals surface area contributed by atoms with Crippen LogP contribution in [0.1, 0.15) is 30.0 Å². The molecule has 1 aliphatic rings. The molecule has 2 aromatic rings. The molecule has 3 rings (SSSR count). The largest absolute Gasteiger partial charge is 0.331 e. The van der Waals surface area contributed by atoms with E-state index in [4.69, 9.17) is 4.84 Å². The van der Waals surface area contributed by atoms with Gasteiger partial charge in [-0.2, -0.15) is 0 Å². The first kappa shape index (κ1) is 18.1. The van der Waals surface area contributed by atoms with Gasteiger partial charge in [-0.1, -0.05) is 41.6 Å². The zero-order valence-corrected chi connectivity index (χ0v) is 15.4. The number of rotatable bonds is 3. The highest BCUT2D eigenvalue weighted by Crippen LogP contribution is 2.31. The Kier molecular flexibility index (Phi) is 5.04. The van der Waals surface area contributed by atoms with Crippen LogP contribution in [0.3, 0.4) is 0 Å². The fraction of sp³-hybridized carbons (Fsp3) is 0.200. The number of hydrogen-bond donors (Lipinski definition) is 0. The SMILES string of the molecule is CC(=O)O/N=C1/CCc2ccccc2C1=Cc1ccc(S(C)(=O)=O)cc1. The van der Waals surface area contributed by atoms with Gasteiger partial charge in [0.15, 0.2) is 9.84 Å². The molecule has 134 valence electrons. The van der Waals surface area contributed by atoms with Crippen LogP contribution in [0, 0.1) is 0 Å². The zero-order chi connectivity index (χ0) is 18.7. The number of fused-ring (bicyclic) bond motifs is 1. The molecule has 0 bridgehead atoms. The molecule has 0 spiro atoms. The smallest absolute Gasteiger partial charge is 0.318 e. The third kappa shape index (κ3) is 4.08. The number of aryl methyl sites for hydroxylation is 1. The molecule has 0 radical (unpaired) electrons. The topological polar surface area (TPSA) is 72.8 Å². The van der Waals surface area contributed by atoms with Gasteiger partial charge in [0.1, 0.15) is 0 Å². The molecule has 5 nitrogen and oxygen atoms in total. The molecule has 0 amide bonds. The van der Waals surface area contributed by atoms with Gasteiger partial charge >= 0.3 is 5.97 Å². The normalized spacial score (nSPS) is 17.2. The van der Waals surface area contributed by atoms with Crippen molar-refractivity contribution in [3.63, 3.8) is 0 Å². The van der Waals surface area contributed by atoms with Gasteiger partial charge in [0, 0.05) is 18.8 Å². The lowest BCUT2D eigenvalue weighted by Gasteiger charge is -2.20. The van der Waals surface area contributed by atoms with E-state index < -0.39 is 15.8 Å². The minimum Gasteiger partial charge on any atom is -0.318 e. The van der Waals surface area contributed by atoms with E-state index in [0.29, 0.717) is 12.1 Å². The van der Waals surface area contributed by atoms with Crippen LogP contribution in [0.25, 0.3) is 11.6 Å². The van der Waals surface area contributed by atoms with E-state index in [1.165, 1.54) is 18.7 Å². The Hall–Kier alpha value is -2.73. The van der Waals surface area contributed by atoms with Gasteiger partial charge in [-0.3, -0.25) is 0 Å². The van der Waals surface area contributed by atoms with E-state index in [-0.39, 0.29) is 4.90 Å². The fourth-order valence-electron chi connectivity index (χ4n) is 2.90. The first-order valence-corrected chi connectivity index (χ1v) is 10.1. The molecule has 26 heavy (non-hydrogen) atoms. The number of carbonyl (C=O) groups excluding carboxylic acids is 1. The zero-order valence-electron chi connectivity index (χ0n) is 14.6. The summed E-state index contributed by atoms with van der Waals surface area (Å²) < 4.78 is 23.2. The van der Waals surface area contributed by atoms with Crippen molar-refractivity contribution >= 4 is 33.2 Å². The molecule has 0 N–H and O–H groups in total. The van der Waals surface area contributed by atoms with E-state index in [1.54, 1.807) is 24.3 Å². The van der Waals surface area contributed by atoms with E-state index in [9.17, 15) is 13.2 Å². The number of nitrogens with zero attached hydrogens (tertiary/aromatic N) is 1. The fourth-order valence-corrected chi connectivity index (χ4v) is 3.53. The van der Waals surface area contributed by atoms with Crippen molar-refractivity contribution in [1.82, 2.24) is 0 Å². The first-order valence-electron chi connectivity index (χ1n) is 8.19. The van der Waals surface area contributed by atoms with Gasteiger partial charge in [0.05, 0.1) is 10.6 Å². The van der Waals surface area contributed by atoms with Crippen molar-refractivity contribution < 1.29 is 18.0 Å². The number of benzene rings is 2. The van der Waals surface area contributed by atoms with Gasteiger partial charge < -0.3 is 4.84 Å². The molecule has 0 saturated carbocycles. The van der Waals surface area contributed by atoms with Gasteiger partial charge in [0.25, 0.3) is 0 Å². The lowest BCUT2D eigenvalue weighted by Crippen LogP contribution is -2.14. The Morgan fingerprint density at radius 2 is 1.77 bits per heavy atom. The molecule has 0 heterocycles. The minimum absolute atomic E-state index is 0.275. The molecular formula is C20H19NO4S. The average molecular weight is 369 g/mol. The third-order valence-corrected chi connectivity index (χ3v) is 5.28. The van der Waals surface area contributed by atoms with Crippen molar-refractivity contribution in [2.75, 3.05) is 6.26 Å². The maximum atomic E-state index is 11.6. The molecule has 6 heteroatoms. The third-order valence-electron chi connectivity index (χ3n) is 4.15. The van der Waals surface area contributed by atoms with E-state index >= 15 is 0 Å². The predicted molar refractivity (Wildman–Crippen MR) is 101 cm³/mol. The van der Waals surface area contributed by atoms with Crippen molar-refractivity contribution in [2.24, 2.45) is 5.16 Å². The summed E-state index contributed by atoms with van der Waals surface area (Å²) in [5.74, 6) is -0.465. The van der Waals surface area contributed by atoms with Crippen LogP contribution in [0.5, 0.6) is 0 Å². The molecule has 0 aliphatic heterocycles. The standard InChI is InChI=1S/C20H19NO4S/c1-14(22)25-21-20-12-9-16-5-3-4-6-18(16)19(20)13-15-7-10-17(11-8-15)26(2,23)24/h3-8,10-11,13H,9,12H2,1-2H3/b19-13?,21-20-. The van der Waals surface area contributed by atoms with Crippen molar-refractivity contribution in [3.8, 4) is 0 Å². The number of allylic oxidation sites excluding steroid dienone is 1. The Labute approximate surface area is 152 Å². The summed E-state index contributed by atoms with van der Waals surface area (Å²) >= 11 is 0. The minimum atomic E-state index is -3.23. The second kappa shape index (κ2) is 7.25. The van der Waals surface area contributed by atoms with E-state index in [0.717, 1.165) is 23.1 Å². The van der Waals surface area contributed by atoms with Gasteiger partial charge in [-0.05, 0) is 47.7 Å². The van der Waals surface area contributed by atoms with Crippen LogP contribution in [0.4, 0.5) is 0 Å². The highest BCUT2D eigenvalue weighted by Gasteiger charge is 2.20.